The predicted molar refractivity (Wildman–Crippen MR) is 101 cm³/mol. The summed E-state index contributed by atoms with van der Waals surface area (Å²) in [7, 11) is 0. The first-order valence-corrected chi connectivity index (χ1v) is 9.06. The third-order valence-electron chi connectivity index (χ3n) is 4.50. The quantitative estimate of drug-likeness (QED) is 0.758. The van der Waals surface area contributed by atoms with Crippen molar-refractivity contribution in [3.05, 3.63) is 64.1 Å². The number of urea groups is 1. The van der Waals surface area contributed by atoms with Gasteiger partial charge in [-0.2, -0.15) is 0 Å². The van der Waals surface area contributed by atoms with Crippen LogP contribution in [-0.2, 0) is 0 Å². The Morgan fingerprint density at radius 1 is 1.16 bits per heavy atom. The highest BCUT2D eigenvalue weighted by Crippen LogP contribution is 2.30. The molecule has 0 unspecified atom stereocenters. The molecular weight excluding hydrogens is 359 g/mol. The Balaban J connectivity index is 1.72. The molecule has 2 aromatic carbocycles. The fourth-order valence-corrected chi connectivity index (χ4v) is 3.13. The van der Waals surface area contributed by atoms with Crippen LogP contribution in [0.15, 0.2) is 48.5 Å². The van der Waals surface area contributed by atoms with Gasteiger partial charge < -0.3 is 15.3 Å². The van der Waals surface area contributed by atoms with Gasteiger partial charge in [-0.3, -0.25) is 0 Å². The van der Waals surface area contributed by atoms with Crippen LogP contribution in [0.25, 0.3) is 0 Å². The fourth-order valence-electron chi connectivity index (χ4n) is 2.82. The second-order valence-corrected chi connectivity index (χ2v) is 7.04. The molecule has 0 saturated heterocycles. The van der Waals surface area contributed by atoms with E-state index in [1.807, 2.05) is 30.3 Å². The SMILES string of the molecule is O=C(Nc1ccccc1)N(C[C@@H](O)c1ccc(Cl)c(Cl)c1)C1CCC1. The lowest BCUT2D eigenvalue weighted by atomic mass is 9.91. The molecule has 4 nitrogen and oxygen atoms in total. The van der Waals surface area contributed by atoms with Gasteiger partial charge >= 0.3 is 6.03 Å². The number of carbonyl (C=O) groups excluding carboxylic acids is 1. The summed E-state index contributed by atoms with van der Waals surface area (Å²) in [6, 6.07) is 14.3. The number of hydrogen-bond acceptors (Lipinski definition) is 2. The van der Waals surface area contributed by atoms with Gasteiger partial charge in [-0.05, 0) is 49.1 Å². The molecule has 1 atom stereocenters. The lowest BCUT2D eigenvalue weighted by Gasteiger charge is -2.38. The summed E-state index contributed by atoms with van der Waals surface area (Å²) >= 11 is 12.0. The zero-order valence-corrected chi connectivity index (χ0v) is 15.2. The van der Waals surface area contributed by atoms with Crippen LogP contribution in [0.4, 0.5) is 10.5 Å². The van der Waals surface area contributed by atoms with Gasteiger partial charge in [-0.1, -0.05) is 47.5 Å². The smallest absolute Gasteiger partial charge is 0.322 e. The number of anilines is 1. The number of carbonyl (C=O) groups is 1. The molecular formula is C19H20Cl2N2O2. The van der Waals surface area contributed by atoms with Crippen molar-refractivity contribution in [1.82, 2.24) is 4.90 Å². The minimum Gasteiger partial charge on any atom is -0.387 e. The summed E-state index contributed by atoms with van der Waals surface area (Å²) in [5.74, 6) is 0. The molecule has 0 radical (unpaired) electrons. The number of para-hydroxylation sites is 1. The highest BCUT2D eigenvalue weighted by molar-refractivity contribution is 6.42. The van der Waals surface area contributed by atoms with Crippen LogP contribution in [0.3, 0.4) is 0 Å². The van der Waals surface area contributed by atoms with Gasteiger partial charge in [0.05, 0.1) is 22.7 Å². The van der Waals surface area contributed by atoms with Crippen LogP contribution in [0.2, 0.25) is 10.0 Å². The zero-order chi connectivity index (χ0) is 17.8. The Labute approximate surface area is 157 Å². The van der Waals surface area contributed by atoms with Crippen LogP contribution in [0, 0.1) is 0 Å². The highest BCUT2D eigenvalue weighted by atomic mass is 35.5. The van der Waals surface area contributed by atoms with E-state index in [0.717, 1.165) is 24.9 Å². The standard InChI is InChI=1S/C19H20Cl2N2O2/c20-16-10-9-13(11-17(16)21)18(24)12-23(15-7-4-8-15)19(25)22-14-5-2-1-3-6-14/h1-3,5-6,9-11,15,18,24H,4,7-8,12H2,(H,22,25)/t18-/m1/s1. The molecule has 0 bridgehead atoms. The minimum atomic E-state index is -0.822. The van der Waals surface area contributed by atoms with E-state index in [4.69, 9.17) is 23.2 Å². The van der Waals surface area contributed by atoms with Gasteiger partial charge in [0.1, 0.15) is 0 Å². The maximum Gasteiger partial charge on any atom is 0.322 e. The normalized spacial score (nSPS) is 15.3. The Kier molecular flexibility index (Phi) is 5.84. The summed E-state index contributed by atoms with van der Waals surface area (Å²) in [6.07, 6.45) is 2.19. The molecule has 0 aromatic heterocycles. The Hall–Kier alpha value is -1.75. The molecule has 1 fully saturated rings. The molecule has 2 amide bonds. The number of amides is 2. The largest absolute Gasteiger partial charge is 0.387 e. The topological polar surface area (TPSA) is 52.6 Å². The number of aliphatic hydroxyl groups excluding tert-OH is 1. The minimum absolute atomic E-state index is 0.154. The van der Waals surface area contributed by atoms with E-state index < -0.39 is 6.10 Å². The fraction of sp³-hybridized carbons (Fsp3) is 0.316. The van der Waals surface area contributed by atoms with Crippen LogP contribution < -0.4 is 5.32 Å². The van der Waals surface area contributed by atoms with Crippen molar-refractivity contribution in [2.75, 3.05) is 11.9 Å². The molecule has 132 valence electrons. The first-order valence-electron chi connectivity index (χ1n) is 8.30. The number of benzene rings is 2. The van der Waals surface area contributed by atoms with Crippen LogP contribution in [-0.4, -0.2) is 28.6 Å². The summed E-state index contributed by atoms with van der Waals surface area (Å²) in [6.45, 7) is 0.210. The molecule has 1 saturated carbocycles. The van der Waals surface area contributed by atoms with E-state index in [-0.39, 0.29) is 18.6 Å². The maximum atomic E-state index is 12.7. The van der Waals surface area contributed by atoms with E-state index >= 15 is 0 Å². The molecule has 1 aliphatic rings. The maximum absolute atomic E-state index is 12.7. The predicted octanol–water partition coefficient (Wildman–Crippen LogP) is 5.11. The summed E-state index contributed by atoms with van der Waals surface area (Å²) in [4.78, 5) is 14.4. The lowest BCUT2D eigenvalue weighted by molar-refractivity contribution is 0.0840. The highest BCUT2D eigenvalue weighted by Gasteiger charge is 2.30. The van der Waals surface area contributed by atoms with Gasteiger partial charge in [-0.25, -0.2) is 4.79 Å². The Morgan fingerprint density at radius 2 is 1.88 bits per heavy atom. The lowest BCUT2D eigenvalue weighted by Crippen LogP contribution is -2.48. The van der Waals surface area contributed by atoms with Crippen LogP contribution >= 0.6 is 23.2 Å². The Morgan fingerprint density at radius 3 is 2.48 bits per heavy atom. The number of halogens is 2. The van der Waals surface area contributed by atoms with Crippen LogP contribution in [0.5, 0.6) is 0 Å². The molecule has 1 aliphatic carbocycles. The average molecular weight is 379 g/mol. The van der Waals surface area contributed by atoms with Crippen LogP contribution in [0.1, 0.15) is 30.9 Å². The average Bonchev–Trinajstić information content (AvgIpc) is 2.56. The third-order valence-corrected chi connectivity index (χ3v) is 5.24. The van der Waals surface area contributed by atoms with Crippen molar-refractivity contribution in [1.29, 1.82) is 0 Å². The molecule has 3 rings (SSSR count). The van der Waals surface area contributed by atoms with Crippen molar-refractivity contribution in [2.45, 2.75) is 31.4 Å². The first kappa shape index (κ1) is 18.1. The van der Waals surface area contributed by atoms with E-state index in [2.05, 4.69) is 5.32 Å². The van der Waals surface area contributed by atoms with E-state index in [1.54, 1.807) is 23.1 Å². The van der Waals surface area contributed by atoms with E-state index in [9.17, 15) is 9.90 Å². The van der Waals surface area contributed by atoms with Gasteiger partial charge in [0, 0.05) is 11.7 Å². The van der Waals surface area contributed by atoms with Crippen molar-refractivity contribution < 1.29 is 9.90 Å². The van der Waals surface area contributed by atoms with Gasteiger partial charge in [0.15, 0.2) is 0 Å². The Bertz CT molecular complexity index is 735. The second kappa shape index (κ2) is 8.09. The van der Waals surface area contributed by atoms with Gasteiger partial charge in [0.2, 0.25) is 0 Å². The summed E-state index contributed by atoms with van der Waals surface area (Å²) in [5.41, 5.74) is 1.38. The number of hydrogen-bond donors (Lipinski definition) is 2. The molecule has 2 aromatic rings. The number of rotatable bonds is 5. The van der Waals surface area contributed by atoms with Crippen molar-refractivity contribution in [3.63, 3.8) is 0 Å². The number of nitrogens with one attached hydrogen (secondary N) is 1. The van der Waals surface area contributed by atoms with Crippen molar-refractivity contribution in [2.24, 2.45) is 0 Å². The van der Waals surface area contributed by atoms with Crippen molar-refractivity contribution in [3.8, 4) is 0 Å². The molecule has 2 N–H and O–H groups in total. The first-order chi connectivity index (χ1) is 12.0. The van der Waals surface area contributed by atoms with Crippen molar-refractivity contribution >= 4 is 34.9 Å². The van der Waals surface area contributed by atoms with Gasteiger partial charge in [-0.15, -0.1) is 0 Å². The molecule has 0 spiro atoms. The number of nitrogens with zero attached hydrogens (tertiary/aromatic N) is 1. The number of aliphatic hydroxyl groups is 1. The molecule has 0 heterocycles. The molecule has 0 aliphatic heterocycles. The van der Waals surface area contributed by atoms with E-state index in [0.29, 0.717) is 15.6 Å². The molecule has 6 heteroatoms. The second-order valence-electron chi connectivity index (χ2n) is 6.22. The third kappa shape index (κ3) is 4.46. The monoisotopic (exact) mass is 378 g/mol. The van der Waals surface area contributed by atoms with E-state index in [1.165, 1.54) is 0 Å². The summed E-state index contributed by atoms with van der Waals surface area (Å²) in [5, 5.41) is 14.3. The zero-order valence-electron chi connectivity index (χ0n) is 13.7. The molecule has 25 heavy (non-hydrogen) atoms. The van der Waals surface area contributed by atoms with Gasteiger partial charge in [0.25, 0.3) is 0 Å². The summed E-state index contributed by atoms with van der Waals surface area (Å²) < 4.78 is 0.